The SMILES string of the molecule is CCCN(C(=O)c1cc(-c2c(Cl)cnc3[nH]ccc23)c[nH]1)C(C)C(F)(F)F. The highest BCUT2D eigenvalue weighted by Gasteiger charge is 2.42. The van der Waals surface area contributed by atoms with Crippen molar-refractivity contribution in [1.29, 1.82) is 0 Å². The minimum Gasteiger partial charge on any atom is -0.357 e. The van der Waals surface area contributed by atoms with E-state index >= 15 is 0 Å². The second kappa shape index (κ2) is 7.26. The van der Waals surface area contributed by atoms with Crippen LogP contribution in [-0.4, -0.2) is 44.5 Å². The van der Waals surface area contributed by atoms with Crippen LogP contribution in [0.1, 0.15) is 30.8 Å². The van der Waals surface area contributed by atoms with Crippen LogP contribution >= 0.6 is 11.6 Å². The highest BCUT2D eigenvalue weighted by atomic mass is 35.5. The van der Waals surface area contributed by atoms with E-state index in [9.17, 15) is 18.0 Å². The van der Waals surface area contributed by atoms with Crippen molar-refractivity contribution in [2.75, 3.05) is 6.54 Å². The van der Waals surface area contributed by atoms with Crippen molar-refractivity contribution >= 4 is 28.5 Å². The number of amides is 1. The lowest BCUT2D eigenvalue weighted by Gasteiger charge is -2.30. The summed E-state index contributed by atoms with van der Waals surface area (Å²) in [5.41, 5.74) is 1.96. The summed E-state index contributed by atoms with van der Waals surface area (Å²) in [6.07, 6.45) is 0.679. The molecule has 3 aromatic heterocycles. The lowest BCUT2D eigenvalue weighted by Crippen LogP contribution is -2.47. The molecule has 0 fully saturated rings. The largest absolute Gasteiger partial charge is 0.408 e. The van der Waals surface area contributed by atoms with Gasteiger partial charge in [-0.3, -0.25) is 4.79 Å². The molecule has 27 heavy (non-hydrogen) atoms. The molecule has 5 nitrogen and oxygen atoms in total. The number of alkyl halides is 3. The Bertz CT molecular complexity index is 963. The fourth-order valence-corrected chi connectivity index (χ4v) is 3.24. The minimum atomic E-state index is -4.49. The van der Waals surface area contributed by atoms with Gasteiger partial charge < -0.3 is 14.9 Å². The standard InChI is InChI=1S/C18H18ClF3N4O/c1-3-6-26(10(2)18(20,21)22)17(27)14-7-11(8-24-14)15-12-4-5-23-16(12)25-9-13(15)19/h4-5,7-10,24H,3,6H2,1-2H3,(H,23,25). The third kappa shape index (κ3) is 3.66. The third-order valence-electron chi connectivity index (χ3n) is 4.41. The summed E-state index contributed by atoms with van der Waals surface area (Å²) in [7, 11) is 0. The number of H-pyrrole nitrogens is 2. The van der Waals surface area contributed by atoms with Crippen LogP contribution < -0.4 is 0 Å². The molecule has 0 aromatic carbocycles. The maximum Gasteiger partial charge on any atom is 0.408 e. The topological polar surface area (TPSA) is 64.8 Å². The van der Waals surface area contributed by atoms with Gasteiger partial charge in [-0.25, -0.2) is 4.98 Å². The van der Waals surface area contributed by atoms with Gasteiger partial charge in [0, 0.05) is 41.6 Å². The zero-order valence-electron chi connectivity index (χ0n) is 14.7. The summed E-state index contributed by atoms with van der Waals surface area (Å²) in [6.45, 7) is 2.72. The monoisotopic (exact) mass is 398 g/mol. The van der Waals surface area contributed by atoms with Crippen LogP contribution in [-0.2, 0) is 0 Å². The molecule has 1 atom stereocenters. The predicted molar refractivity (Wildman–Crippen MR) is 97.7 cm³/mol. The first-order valence-electron chi connectivity index (χ1n) is 8.42. The molecule has 1 amide bonds. The summed E-state index contributed by atoms with van der Waals surface area (Å²) in [6, 6.07) is 1.44. The molecule has 0 spiro atoms. The van der Waals surface area contributed by atoms with E-state index < -0.39 is 18.1 Å². The van der Waals surface area contributed by atoms with Gasteiger partial charge in [0.25, 0.3) is 5.91 Å². The molecule has 3 rings (SSSR count). The molecular formula is C18H18ClF3N4O. The molecule has 144 valence electrons. The summed E-state index contributed by atoms with van der Waals surface area (Å²) >= 11 is 6.27. The number of hydrogen-bond donors (Lipinski definition) is 2. The molecule has 0 saturated carbocycles. The van der Waals surface area contributed by atoms with Crippen molar-refractivity contribution in [2.45, 2.75) is 32.5 Å². The number of fused-ring (bicyclic) bond motifs is 1. The van der Waals surface area contributed by atoms with Crippen molar-refractivity contribution in [3.05, 3.63) is 41.4 Å². The van der Waals surface area contributed by atoms with Gasteiger partial charge in [0.2, 0.25) is 0 Å². The molecule has 2 N–H and O–H groups in total. The molecule has 0 aliphatic heterocycles. The first-order chi connectivity index (χ1) is 12.7. The third-order valence-corrected chi connectivity index (χ3v) is 4.70. The number of aromatic amines is 2. The quantitative estimate of drug-likeness (QED) is 0.634. The van der Waals surface area contributed by atoms with Crippen LogP contribution in [0.2, 0.25) is 5.02 Å². The second-order valence-electron chi connectivity index (χ2n) is 6.24. The lowest BCUT2D eigenvalue weighted by molar-refractivity contribution is -0.171. The fraction of sp³-hybridized carbons (Fsp3) is 0.333. The Kier molecular flexibility index (Phi) is 5.19. The highest BCUT2D eigenvalue weighted by Crippen LogP contribution is 2.34. The number of carbonyl (C=O) groups excluding carboxylic acids is 1. The van der Waals surface area contributed by atoms with Crippen LogP contribution in [0.25, 0.3) is 22.2 Å². The summed E-state index contributed by atoms with van der Waals surface area (Å²) in [4.78, 5) is 23.5. The van der Waals surface area contributed by atoms with Gasteiger partial charge in [-0.2, -0.15) is 13.2 Å². The van der Waals surface area contributed by atoms with E-state index in [0.717, 1.165) is 17.2 Å². The van der Waals surface area contributed by atoms with Gasteiger partial charge in [0.15, 0.2) is 0 Å². The maximum absolute atomic E-state index is 13.1. The Morgan fingerprint density at radius 2 is 2.11 bits per heavy atom. The second-order valence-corrected chi connectivity index (χ2v) is 6.65. The number of nitrogens with one attached hydrogen (secondary N) is 2. The Labute approximate surface area is 158 Å². The number of hydrogen-bond acceptors (Lipinski definition) is 2. The van der Waals surface area contributed by atoms with Gasteiger partial charge in [-0.15, -0.1) is 0 Å². The van der Waals surface area contributed by atoms with Crippen molar-refractivity contribution in [1.82, 2.24) is 19.9 Å². The van der Waals surface area contributed by atoms with Gasteiger partial charge in [-0.1, -0.05) is 18.5 Å². The molecule has 3 aromatic rings. The molecule has 0 radical (unpaired) electrons. The minimum absolute atomic E-state index is 0.00589. The average Bonchev–Trinajstić information content (AvgIpc) is 3.27. The Morgan fingerprint density at radius 1 is 1.37 bits per heavy atom. The number of carbonyl (C=O) groups is 1. The Hall–Kier alpha value is -2.48. The first-order valence-corrected chi connectivity index (χ1v) is 8.80. The molecular weight excluding hydrogens is 381 g/mol. The number of aromatic nitrogens is 3. The lowest BCUT2D eigenvalue weighted by atomic mass is 10.1. The highest BCUT2D eigenvalue weighted by molar-refractivity contribution is 6.34. The average molecular weight is 399 g/mol. The van der Waals surface area contributed by atoms with Crippen molar-refractivity contribution in [2.24, 2.45) is 0 Å². The van der Waals surface area contributed by atoms with Crippen LogP contribution in [0.15, 0.2) is 30.7 Å². The number of nitrogens with zero attached hydrogens (tertiary/aromatic N) is 2. The van der Waals surface area contributed by atoms with E-state index in [-0.39, 0.29) is 12.2 Å². The van der Waals surface area contributed by atoms with Crippen LogP contribution in [0.5, 0.6) is 0 Å². The maximum atomic E-state index is 13.1. The van der Waals surface area contributed by atoms with E-state index in [2.05, 4.69) is 15.0 Å². The van der Waals surface area contributed by atoms with Crippen molar-refractivity contribution in [3.63, 3.8) is 0 Å². The molecule has 9 heteroatoms. The smallest absolute Gasteiger partial charge is 0.357 e. The van der Waals surface area contributed by atoms with Gasteiger partial charge >= 0.3 is 6.18 Å². The van der Waals surface area contributed by atoms with E-state index in [1.54, 1.807) is 25.4 Å². The van der Waals surface area contributed by atoms with Crippen molar-refractivity contribution in [3.8, 4) is 11.1 Å². The Morgan fingerprint density at radius 3 is 2.78 bits per heavy atom. The van der Waals surface area contributed by atoms with Gasteiger partial charge in [0.05, 0.1) is 5.02 Å². The number of rotatable bonds is 5. The summed E-state index contributed by atoms with van der Waals surface area (Å²) in [5, 5.41) is 1.14. The van der Waals surface area contributed by atoms with Crippen LogP contribution in [0.4, 0.5) is 13.2 Å². The van der Waals surface area contributed by atoms with Crippen LogP contribution in [0.3, 0.4) is 0 Å². The van der Waals surface area contributed by atoms with Gasteiger partial charge in [0.1, 0.15) is 17.4 Å². The van der Waals surface area contributed by atoms with Gasteiger partial charge in [-0.05, 0) is 25.5 Å². The molecule has 3 heterocycles. The van der Waals surface area contributed by atoms with E-state index in [0.29, 0.717) is 28.2 Å². The normalized spacial score (nSPS) is 13.1. The molecule has 0 aliphatic carbocycles. The van der Waals surface area contributed by atoms with E-state index in [1.807, 2.05) is 0 Å². The first kappa shape index (κ1) is 19.3. The zero-order valence-corrected chi connectivity index (χ0v) is 15.4. The fourth-order valence-electron chi connectivity index (χ4n) is 2.98. The van der Waals surface area contributed by atoms with E-state index in [4.69, 9.17) is 11.6 Å². The molecule has 0 saturated heterocycles. The molecule has 1 unspecified atom stereocenters. The predicted octanol–water partition coefficient (Wildman–Crippen LogP) is 5.01. The summed E-state index contributed by atoms with van der Waals surface area (Å²) < 4.78 is 39.4. The number of pyridine rings is 1. The zero-order chi connectivity index (χ0) is 19.8. The Balaban J connectivity index is 1.98. The molecule has 0 bridgehead atoms. The van der Waals surface area contributed by atoms with Crippen molar-refractivity contribution < 1.29 is 18.0 Å². The molecule has 0 aliphatic rings. The van der Waals surface area contributed by atoms with E-state index in [1.165, 1.54) is 12.3 Å². The number of halogens is 4. The van der Waals surface area contributed by atoms with Crippen LogP contribution in [0, 0.1) is 0 Å². The summed E-state index contributed by atoms with van der Waals surface area (Å²) in [5.74, 6) is -0.705.